The molecule has 1 atom stereocenters. The van der Waals surface area contributed by atoms with E-state index in [4.69, 9.17) is 0 Å². The number of alkyl halides is 1. The number of hydrogen-bond acceptors (Lipinski definition) is 1. The van der Waals surface area contributed by atoms with Crippen LogP contribution in [0.5, 0.6) is 0 Å². The van der Waals surface area contributed by atoms with E-state index in [0.717, 1.165) is 20.2 Å². The Hall–Kier alpha value is 0.130. The fraction of sp³-hybridized carbons (Fsp3) is 0.222. The molecule has 5 heteroatoms. The van der Waals surface area contributed by atoms with E-state index in [9.17, 15) is 4.79 Å². The highest BCUT2D eigenvalue weighted by molar-refractivity contribution is 9.13. The van der Waals surface area contributed by atoms with Crippen molar-refractivity contribution in [2.75, 3.05) is 5.32 Å². The summed E-state index contributed by atoms with van der Waals surface area (Å²) >= 11 is 10.2. The molecule has 0 fully saturated rings. The molecule has 1 amide bonds. The molecule has 1 aliphatic heterocycles. The van der Waals surface area contributed by atoms with Crippen molar-refractivity contribution in [2.45, 2.75) is 11.2 Å². The van der Waals surface area contributed by atoms with Crippen LogP contribution in [0.3, 0.4) is 0 Å². The van der Waals surface area contributed by atoms with Crippen LogP contribution < -0.4 is 5.32 Å². The van der Waals surface area contributed by atoms with Gasteiger partial charge in [0.15, 0.2) is 0 Å². The molecule has 1 aromatic carbocycles. The standard InChI is InChI=1S/C9H6Br3NO/c1-9(12)4-2-5(10)6(11)3-7(4)13-8(9)14/h2-3H,1H3,(H,13,14). The molecule has 0 saturated carbocycles. The molecule has 2 rings (SSSR count). The van der Waals surface area contributed by atoms with E-state index in [0.29, 0.717) is 0 Å². The average molecular weight is 384 g/mol. The zero-order chi connectivity index (χ0) is 10.5. The number of fused-ring (bicyclic) bond motifs is 1. The highest BCUT2D eigenvalue weighted by Crippen LogP contribution is 2.45. The van der Waals surface area contributed by atoms with E-state index < -0.39 is 4.32 Å². The summed E-state index contributed by atoms with van der Waals surface area (Å²) in [5, 5.41) is 2.82. The molecule has 1 unspecified atom stereocenters. The predicted octanol–water partition coefficient (Wildman–Crippen LogP) is 3.77. The minimum absolute atomic E-state index is 0.0301. The Bertz CT molecular complexity index is 428. The molecule has 0 saturated heterocycles. The average Bonchev–Trinajstić information content (AvgIpc) is 2.28. The predicted molar refractivity (Wildman–Crippen MR) is 66.8 cm³/mol. The van der Waals surface area contributed by atoms with Gasteiger partial charge in [-0.3, -0.25) is 4.79 Å². The van der Waals surface area contributed by atoms with Gasteiger partial charge in [-0.25, -0.2) is 0 Å². The third kappa shape index (κ3) is 1.46. The Balaban J connectivity index is 2.67. The fourth-order valence-electron chi connectivity index (χ4n) is 1.40. The lowest BCUT2D eigenvalue weighted by molar-refractivity contribution is -0.117. The van der Waals surface area contributed by atoms with Gasteiger partial charge < -0.3 is 5.32 Å². The molecule has 1 N–H and O–H groups in total. The maximum absolute atomic E-state index is 11.6. The van der Waals surface area contributed by atoms with Gasteiger partial charge in [-0.1, -0.05) is 15.9 Å². The van der Waals surface area contributed by atoms with Gasteiger partial charge in [0.25, 0.3) is 0 Å². The largest absolute Gasteiger partial charge is 0.324 e. The van der Waals surface area contributed by atoms with Crippen molar-refractivity contribution >= 4 is 59.4 Å². The molecule has 0 bridgehead atoms. The quantitative estimate of drug-likeness (QED) is 0.679. The van der Waals surface area contributed by atoms with Crippen molar-refractivity contribution in [2.24, 2.45) is 0 Å². The molecule has 74 valence electrons. The number of rotatable bonds is 0. The van der Waals surface area contributed by atoms with Crippen molar-refractivity contribution in [3.05, 3.63) is 26.6 Å². The van der Waals surface area contributed by atoms with Crippen LogP contribution in [0.4, 0.5) is 5.69 Å². The van der Waals surface area contributed by atoms with Crippen molar-refractivity contribution in [1.29, 1.82) is 0 Å². The number of benzene rings is 1. The minimum atomic E-state index is -0.619. The molecular weight excluding hydrogens is 378 g/mol. The van der Waals surface area contributed by atoms with E-state index >= 15 is 0 Å². The third-order valence-electron chi connectivity index (χ3n) is 2.24. The number of carbonyl (C=O) groups is 1. The Morgan fingerprint density at radius 3 is 2.50 bits per heavy atom. The second-order valence-electron chi connectivity index (χ2n) is 3.27. The van der Waals surface area contributed by atoms with Gasteiger partial charge in [0.05, 0.1) is 0 Å². The number of anilines is 1. The van der Waals surface area contributed by atoms with E-state index in [2.05, 4.69) is 53.1 Å². The van der Waals surface area contributed by atoms with Crippen molar-refractivity contribution in [3.8, 4) is 0 Å². The maximum atomic E-state index is 11.6. The molecule has 0 aliphatic carbocycles. The molecule has 1 heterocycles. The first-order valence-electron chi connectivity index (χ1n) is 3.93. The van der Waals surface area contributed by atoms with Gasteiger partial charge in [0.1, 0.15) is 4.32 Å². The monoisotopic (exact) mass is 381 g/mol. The molecule has 0 aromatic heterocycles. The molecule has 0 radical (unpaired) electrons. The van der Waals surface area contributed by atoms with E-state index in [-0.39, 0.29) is 5.91 Å². The lowest BCUT2D eigenvalue weighted by atomic mass is 10.0. The van der Waals surface area contributed by atoms with Crippen molar-refractivity contribution in [1.82, 2.24) is 0 Å². The Kier molecular flexibility index (Phi) is 2.52. The zero-order valence-corrected chi connectivity index (χ0v) is 12.0. The highest BCUT2D eigenvalue weighted by Gasteiger charge is 2.40. The van der Waals surface area contributed by atoms with Crippen LogP contribution in [-0.4, -0.2) is 5.91 Å². The molecule has 1 aliphatic rings. The summed E-state index contributed by atoms with van der Waals surface area (Å²) in [4.78, 5) is 11.6. The highest BCUT2D eigenvalue weighted by atomic mass is 79.9. The smallest absolute Gasteiger partial charge is 0.245 e. The van der Waals surface area contributed by atoms with Gasteiger partial charge in [-0.05, 0) is 50.9 Å². The van der Waals surface area contributed by atoms with Crippen LogP contribution in [0.2, 0.25) is 0 Å². The molecule has 1 aromatic rings. The first-order chi connectivity index (χ1) is 6.43. The zero-order valence-electron chi connectivity index (χ0n) is 7.20. The van der Waals surface area contributed by atoms with Crippen LogP contribution in [0.1, 0.15) is 12.5 Å². The molecule has 14 heavy (non-hydrogen) atoms. The minimum Gasteiger partial charge on any atom is -0.324 e. The van der Waals surface area contributed by atoms with Crippen LogP contribution in [-0.2, 0) is 9.12 Å². The lowest BCUT2D eigenvalue weighted by Crippen LogP contribution is -2.23. The Morgan fingerprint density at radius 2 is 1.86 bits per heavy atom. The van der Waals surface area contributed by atoms with Crippen molar-refractivity contribution in [3.63, 3.8) is 0 Å². The molecule has 2 nitrogen and oxygen atoms in total. The van der Waals surface area contributed by atoms with Gasteiger partial charge in [-0.2, -0.15) is 0 Å². The van der Waals surface area contributed by atoms with Gasteiger partial charge in [0, 0.05) is 20.2 Å². The van der Waals surface area contributed by atoms with E-state index in [1.807, 2.05) is 19.1 Å². The normalized spacial score (nSPS) is 24.7. The summed E-state index contributed by atoms with van der Waals surface area (Å²) in [5.41, 5.74) is 1.81. The van der Waals surface area contributed by atoms with Crippen LogP contribution >= 0.6 is 47.8 Å². The van der Waals surface area contributed by atoms with Gasteiger partial charge in [-0.15, -0.1) is 0 Å². The third-order valence-corrected chi connectivity index (χ3v) is 4.87. The second-order valence-corrected chi connectivity index (χ2v) is 6.56. The molecule has 0 spiro atoms. The number of nitrogens with one attached hydrogen (secondary N) is 1. The van der Waals surface area contributed by atoms with Crippen LogP contribution in [0.15, 0.2) is 21.1 Å². The number of hydrogen-bond donors (Lipinski definition) is 1. The summed E-state index contributed by atoms with van der Waals surface area (Å²) in [5.74, 6) is -0.0301. The Labute approximate surface area is 107 Å². The first kappa shape index (κ1) is 10.6. The number of carbonyl (C=O) groups excluding carboxylic acids is 1. The van der Waals surface area contributed by atoms with Crippen LogP contribution in [0, 0.1) is 0 Å². The topological polar surface area (TPSA) is 29.1 Å². The second kappa shape index (κ2) is 3.32. The summed E-state index contributed by atoms with van der Waals surface area (Å²) < 4.78 is 1.26. The summed E-state index contributed by atoms with van der Waals surface area (Å²) in [6.07, 6.45) is 0. The maximum Gasteiger partial charge on any atom is 0.245 e. The Morgan fingerprint density at radius 1 is 1.29 bits per heavy atom. The molecular formula is C9H6Br3NO. The fourth-order valence-corrected chi connectivity index (χ4v) is 2.51. The summed E-state index contributed by atoms with van der Waals surface area (Å²) in [7, 11) is 0. The van der Waals surface area contributed by atoms with Crippen molar-refractivity contribution < 1.29 is 4.79 Å². The number of amides is 1. The summed E-state index contributed by atoms with van der Waals surface area (Å²) in [6.45, 7) is 1.84. The van der Waals surface area contributed by atoms with E-state index in [1.165, 1.54) is 0 Å². The number of halogens is 3. The SMILES string of the molecule is CC1(Br)C(=O)Nc2cc(Br)c(Br)cc21. The van der Waals surface area contributed by atoms with Gasteiger partial charge >= 0.3 is 0 Å². The van der Waals surface area contributed by atoms with Crippen LogP contribution in [0.25, 0.3) is 0 Å². The summed E-state index contributed by atoms with van der Waals surface area (Å²) in [6, 6.07) is 3.83. The van der Waals surface area contributed by atoms with E-state index in [1.54, 1.807) is 0 Å². The van der Waals surface area contributed by atoms with Gasteiger partial charge in [0.2, 0.25) is 5.91 Å². The first-order valence-corrected chi connectivity index (χ1v) is 6.30. The lowest BCUT2D eigenvalue weighted by Gasteiger charge is -2.12.